The molecule has 4 nitrogen and oxygen atoms in total. The topological polar surface area (TPSA) is 56.1 Å². The van der Waals surface area contributed by atoms with Gasteiger partial charge in [-0.15, -0.1) is 0 Å². The summed E-state index contributed by atoms with van der Waals surface area (Å²) < 4.78 is 0. The number of nitriles is 1. The maximum atomic E-state index is 12.9. The molecule has 0 atom stereocenters. The molecule has 150 valence electrons. The molecule has 1 heterocycles. The Labute approximate surface area is 177 Å². The molecule has 1 aliphatic heterocycles. The molecule has 1 saturated heterocycles. The van der Waals surface area contributed by atoms with Gasteiger partial charge in [0.15, 0.2) is 0 Å². The lowest BCUT2D eigenvalue weighted by molar-refractivity contribution is 0.102. The zero-order chi connectivity index (χ0) is 20.8. The second-order valence-electron chi connectivity index (χ2n) is 7.72. The van der Waals surface area contributed by atoms with Crippen molar-refractivity contribution in [3.05, 3.63) is 89.5 Å². The summed E-state index contributed by atoms with van der Waals surface area (Å²) in [7, 11) is 0. The average Bonchev–Trinajstić information content (AvgIpc) is 2.80. The van der Waals surface area contributed by atoms with Crippen LogP contribution in [0.1, 0.15) is 40.7 Å². The molecule has 4 rings (SSSR count). The highest BCUT2D eigenvalue weighted by Crippen LogP contribution is 2.27. The molecule has 0 aromatic heterocycles. The molecular weight excluding hydrogens is 370 g/mol. The van der Waals surface area contributed by atoms with Gasteiger partial charge in [-0.3, -0.25) is 9.69 Å². The van der Waals surface area contributed by atoms with Gasteiger partial charge in [-0.2, -0.15) is 5.26 Å². The van der Waals surface area contributed by atoms with Gasteiger partial charge in [0.1, 0.15) is 0 Å². The molecule has 3 aromatic carbocycles. The van der Waals surface area contributed by atoms with E-state index >= 15 is 0 Å². The number of benzene rings is 3. The van der Waals surface area contributed by atoms with E-state index in [1.54, 1.807) is 24.3 Å². The standard InChI is InChI=1S/C26H25N3O/c27-18-20-8-7-11-24(16-20)28-26(30)22-12-13-25(21-9-3-1-4-10-21)23(17-22)19-29-14-5-2-6-15-29/h1,3-4,7-13,16-17H,2,5-6,14-15,19H2,(H,28,30). The number of likely N-dealkylation sites (tertiary alicyclic amines) is 1. The molecule has 3 aromatic rings. The van der Waals surface area contributed by atoms with Gasteiger partial charge in [-0.05, 0) is 73.0 Å². The number of amides is 1. The summed E-state index contributed by atoms with van der Waals surface area (Å²) in [6.45, 7) is 3.05. The fourth-order valence-electron chi connectivity index (χ4n) is 3.99. The second-order valence-corrected chi connectivity index (χ2v) is 7.72. The van der Waals surface area contributed by atoms with E-state index in [-0.39, 0.29) is 5.91 Å². The molecule has 1 fully saturated rings. The number of nitrogens with zero attached hydrogens (tertiary/aromatic N) is 2. The Bertz CT molecular complexity index is 1060. The Balaban J connectivity index is 1.62. The lowest BCUT2D eigenvalue weighted by Crippen LogP contribution is -2.29. The number of carbonyl (C=O) groups is 1. The highest BCUT2D eigenvalue weighted by molar-refractivity contribution is 6.04. The smallest absolute Gasteiger partial charge is 0.255 e. The zero-order valence-corrected chi connectivity index (χ0v) is 17.0. The molecule has 0 saturated carbocycles. The summed E-state index contributed by atoms with van der Waals surface area (Å²) in [5, 5.41) is 12.0. The van der Waals surface area contributed by atoms with Crippen molar-refractivity contribution in [2.24, 2.45) is 0 Å². The van der Waals surface area contributed by atoms with Crippen LogP contribution in [-0.4, -0.2) is 23.9 Å². The first-order chi connectivity index (χ1) is 14.7. The minimum atomic E-state index is -0.162. The molecule has 1 aliphatic rings. The first-order valence-corrected chi connectivity index (χ1v) is 10.5. The van der Waals surface area contributed by atoms with E-state index in [0.717, 1.165) is 25.2 Å². The van der Waals surface area contributed by atoms with Crippen LogP contribution in [0.25, 0.3) is 11.1 Å². The minimum absolute atomic E-state index is 0.162. The highest BCUT2D eigenvalue weighted by Gasteiger charge is 2.16. The van der Waals surface area contributed by atoms with Crippen molar-refractivity contribution >= 4 is 11.6 Å². The highest BCUT2D eigenvalue weighted by atomic mass is 16.1. The third-order valence-corrected chi connectivity index (χ3v) is 5.54. The number of nitrogens with one attached hydrogen (secondary N) is 1. The largest absolute Gasteiger partial charge is 0.322 e. The monoisotopic (exact) mass is 395 g/mol. The summed E-state index contributed by atoms with van der Waals surface area (Å²) in [4.78, 5) is 15.4. The van der Waals surface area contributed by atoms with Crippen molar-refractivity contribution in [1.82, 2.24) is 4.90 Å². The van der Waals surface area contributed by atoms with Crippen LogP contribution < -0.4 is 5.32 Å². The lowest BCUT2D eigenvalue weighted by Gasteiger charge is -2.27. The number of anilines is 1. The maximum absolute atomic E-state index is 12.9. The Morgan fingerprint density at radius 2 is 1.73 bits per heavy atom. The van der Waals surface area contributed by atoms with Crippen LogP contribution in [0.4, 0.5) is 5.69 Å². The predicted molar refractivity (Wildman–Crippen MR) is 120 cm³/mol. The van der Waals surface area contributed by atoms with Crippen LogP contribution in [-0.2, 0) is 6.54 Å². The molecule has 0 radical (unpaired) electrons. The Morgan fingerprint density at radius 3 is 2.50 bits per heavy atom. The first kappa shape index (κ1) is 19.9. The van der Waals surface area contributed by atoms with E-state index in [4.69, 9.17) is 5.26 Å². The number of carbonyl (C=O) groups excluding carboxylic acids is 1. The first-order valence-electron chi connectivity index (χ1n) is 10.5. The van der Waals surface area contributed by atoms with Crippen molar-refractivity contribution in [1.29, 1.82) is 5.26 Å². The summed E-state index contributed by atoms with van der Waals surface area (Å²) in [5.74, 6) is -0.162. The van der Waals surface area contributed by atoms with Crippen LogP contribution in [0.5, 0.6) is 0 Å². The zero-order valence-electron chi connectivity index (χ0n) is 17.0. The number of hydrogen-bond donors (Lipinski definition) is 1. The molecule has 1 N–H and O–H groups in total. The fourth-order valence-corrected chi connectivity index (χ4v) is 3.99. The van der Waals surface area contributed by atoms with E-state index in [9.17, 15) is 4.79 Å². The quantitative estimate of drug-likeness (QED) is 0.624. The van der Waals surface area contributed by atoms with E-state index in [0.29, 0.717) is 16.8 Å². The van der Waals surface area contributed by atoms with Crippen LogP contribution >= 0.6 is 0 Å². The third kappa shape index (κ3) is 4.76. The summed E-state index contributed by atoms with van der Waals surface area (Å²) >= 11 is 0. The summed E-state index contributed by atoms with van der Waals surface area (Å²) in [6, 6.07) is 25.4. The van der Waals surface area contributed by atoms with Crippen LogP contribution in [0, 0.1) is 11.3 Å². The van der Waals surface area contributed by atoms with Gasteiger partial charge in [0.05, 0.1) is 11.6 Å². The molecule has 0 bridgehead atoms. The molecule has 4 heteroatoms. The molecule has 0 unspecified atom stereocenters. The molecule has 1 amide bonds. The van der Waals surface area contributed by atoms with E-state index in [2.05, 4.69) is 34.5 Å². The Hall–Kier alpha value is -3.42. The molecule has 0 spiro atoms. The van der Waals surface area contributed by atoms with Crippen molar-refractivity contribution in [2.45, 2.75) is 25.8 Å². The molecule has 30 heavy (non-hydrogen) atoms. The normalized spacial score (nSPS) is 14.1. The fraction of sp³-hybridized carbons (Fsp3) is 0.231. The molecular formula is C26H25N3O. The van der Waals surface area contributed by atoms with E-state index in [1.165, 1.54) is 30.4 Å². The number of piperidine rings is 1. The van der Waals surface area contributed by atoms with Gasteiger partial charge in [0.2, 0.25) is 0 Å². The summed E-state index contributed by atoms with van der Waals surface area (Å²) in [5.41, 5.74) is 5.29. The lowest BCUT2D eigenvalue weighted by atomic mass is 9.96. The average molecular weight is 396 g/mol. The third-order valence-electron chi connectivity index (χ3n) is 5.54. The number of hydrogen-bond acceptors (Lipinski definition) is 3. The van der Waals surface area contributed by atoms with Gasteiger partial charge in [-0.1, -0.05) is 48.9 Å². The van der Waals surface area contributed by atoms with Gasteiger partial charge >= 0.3 is 0 Å². The van der Waals surface area contributed by atoms with Crippen molar-refractivity contribution in [3.8, 4) is 17.2 Å². The Morgan fingerprint density at radius 1 is 0.933 bits per heavy atom. The summed E-state index contributed by atoms with van der Waals surface area (Å²) in [6.07, 6.45) is 3.76. The van der Waals surface area contributed by atoms with Gasteiger partial charge in [-0.25, -0.2) is 0 Å². The van der Waals surface area contributed by atoms with Gasteiger partial charge in [0, 0.05) is 17.8 Å². The van der Waals surface area contributed by atoms with Crippen molar-refractivity contribution in [2.75, 3.05) is 18.4 Å². The maximum Gasteiger partial charge on any atom is 0.255 e. The predicted octanol–water partition coefficient (Wildman–Crippen LogP) is 5.46. The minimum Gasteiger partial charge on any atom is -0.322 e. The van der Waals surface area contributed by atoms with Crippen molar-refractivity contribution < 1.29 is 4.79 Å². The van der Waals surface area contributed by atoms with Crippen molar-refractivity contribution in [3.63, 3.8) is 0 Å². The Kier molecular flexibility index (Phi) is 6.22. The van der Waals surface area contributed by atoms with Crippen LogP contribution in [0.2, 0.25) is 0 Å². The van der Waals surface area contributed by atoms with Crippen LogP contribution in [0.3, 0.4) is 0 Å². The van der Waals surface area contributed by atoms with Crippen LogP contribution in [0.15, 0.2) is 72.8 Å². The SMILES string of the molecule is N#Cc1cccc(NC(=O)c2ccc(-c3ccccc3)c(CN3CCCCC3)c2)c1. The number of rotatable bonds is 5. The van der Waals surface area contributed by atoms with E-state index < -0.39 is 0 Å². The van der Waals surface area contributed by atoms with Gasteiger partial charge < -0.3 is 5.32 Å². The van der Waals surface area contributed by atoms with Gasteiger partial charge in [0.25, 0.3) is 5.91 Å². The van der Waals surface area contributed by atoms with E-state index in [1.807, 2.05) is 30.3 Å². The molecule has 0 aliphatic carbocycles. The second kappa shape index (κ2) is 9.39.